The lowest BCUT2D eigenvalue weighted by Gasteiger charge is -2.06. The van der Waals surface area contributed by atoms with Crippen LogP contribution in [0.5, 0.6) is 0 Å². The molecule has 0 fully saturated rings. The number of hydrogen-bond acceptors (Lipinski definition) is 1. The van der Waals surface area contributed by atoms with E-state index in [1.54, 1.807) is 11.3 Å². The highest BCUT2D eigenvalue weighted by Gasteiger charge is 2.04. The van der Waals surface area contributed by atoms with Gasteiger partial charge in [0, 0.05) is 19.9 Å². The third-order valence-corrected chi connectivity index (χ3v) is 7.54. The molecule has 1 aromatic heterocycles. The molecule has 0 radical (unpaired) electrons. The van der Waals surface area contributed by atoms with Crippen molar-refractivity contribution in [2.75, 3.05) is 0 Å². The topological polar surface area (TPSA) is 0 Å². The Morgan fingerprint density at radius 2 is 1.32 bits per heavy atom. The van der Waals surface area contributed by atoms with Crippen LogP contribution in [0.1, 0.15) is 76.7 Å². The van der Waals surface area contributed by atoms with E-state index in [1.807, 2.05) is 0 Å². The van der Waals surface area contributed by atoms with E-state index < -0.39 is 0 Å². The van der Waals surface area contributed by atoms with Gasteiger partial charge in [0.1, 0.15) is 0 Å². The smallest absolute Gasteiger partial charge is 0.0361 e. The molecule has 0 spiro atoms. The van der Waals surface area contributed by atoms with Crippen molar-refractivity contribution in [1.29, 1.82) is 0 Å². The highest BCUT2D eigenvalue weighted by atomic mass is 79.9. The van der Waals surface area contributed by atoms with Gasteiger partial charge in [0.05, 0.1) is 0 Å². The average molecular weight is 458 g/mol. The minimum atomic E-state index is 1.20. The largest absolute Gasteiger partial charge is 0.143 e. The molecule has 0 unspecified atom stereocenters. The Morgan fingerprint density at radius 1 is 0.714 bits per heavy atom. The molecule has 0 aliphatic carbocycles. The van der Waals surface area contributed by atoms with Crippen molar-refractivity contribution in [3.8, 4) is 11.1 Å². The van der Waals surface area contributed by atoms with Gasteiger partial charge in [-0.25, -0.2) is 0 Å². The second kappa shape index (κ2) is 11.8. The molecule has 0 amide bonds. The fraction of sp³-hybridized carbons (Fsp3) is 0.462. The van der Waals surface area contributed by atoms with Crippen LogP contribution in [-0.2, 0) is 6.42 Å². The molecule has 0 saturated carbocycles. The van der Waals surface area contributed by atoms with Crippen LogP contribution in [-0.4, -0.2) is 0 Å². The van der Waals surface area contributed by atoms with Gasteiger partial charge in [-0.2, -0.15) is 0 Å². The van der Waals surface area contributed by atoms with Gasteiger partial charge in [0.2, 0.25) is 0 Å². The molecule has 0 saturated heterocycles. The number of halogens is 1. The predicted molar refractivity (Wildman–Crippen MR) is 131 cm³/mol. The lowest BCUT2D eigenvalue weighted by atomic mass is 10.00. The van der Waals surface area contributed by atoms with E-state index in [4.69, 9.17) is 0 Å². The molecule has 3 rings (SSSR count). The second-order valence-corrected chi connectivity index (χ2v) is 9.69. The number of hydrogen-bond donors (Lipinski definition) is 0. The second-order valence-electron chi connectivity index (χ2n) is 7.92. The van der Waals surface area contributed by atoms with E-state index >= 15 is 0 Å². The van der Waals surface area contributed by atoms with Crippen LogP contribution in [0.3, 0.4) is 0 Å². The zero-order chi connectivity index (χ0) is 19.6. The first-order valence-corrected chi connectivity index (χ1v) is 12.7. The van der Waals surface area contributed by atoms with Crippen molar-refractivity contribution < 1.29 is 0 Å². The molecule has 0 bridgehead atoms. The Bertz CT molecular complexity index is 831. The summed E-state index contributed by atoms with van der Waals surface area (Å²) in [7, 11) is 0. The highest BCUT2D eigenvalue weighted by Crippen LogP contribution is 2.33. The first-order chi connectivity index (χ1) is 13.8. The summed E-state index contributed by atoms with van der Waals surface area (Å²) in [5, 5.41) is 3.48. The zero-order valence-corrected chi connectivity index (χ0v) is 19.6. The molecule has 0 N–H and O–H groups in total. The number of rotatable bonds is 12. The molecule has 0 nitrogen and oxygen atoms in total. The molecule has 2 aromatic carbocycles. The normalized spacial score (nSPS) is 11.4. The average Bonchev–Trinajstić information content (AvgIpc) is 3.10. The number of aryl methyl sites for hydroxylation is 1. The van der Waals surface area contributed by atoms with Crippen molar-refractivity contribution in [2.45, 2.75) is 77.6 Å². The first-order valence-electron chi connectivity index (χ1n) is 11.0. The summed E-state index contributed by atoms with van der Waals surface area (Å²) in [5.74, 6) is 0. The predicted octanol–water partition coefficient (Wildman–Crippen LogP) is 9.79. The Balaban J connectivity index is 1.37. The summed E-state index contributed by atoms with van der Waals surface area (Å²) in [6.45, 7) is 2.29. The summed E-state index contributed by atoms with van der Waals surface area (Å²) in [6, 6.07) is 16.0. The van der Waals surface area contributed by atoms with Gasteiger partial charge >= 0.3 is 0 Å². The molecule has 28 heavy (non-hydrogen) atoms. The van der Waals surface area contributed by atoms with Crippen molar-refractivity contribution >= 4 is 37.4 Å². The summed E-state index contributed by atoms with van der Waals surface area (Å²) in [6.07, 6.45) is 15.3. The van der Waals surface area contributed by atoms with Gasteiger partial charge < -0.3 is 0 Å². The van der Waals surface area contributed by atoms with Crippen molar-refractivity contribution in [1.82, 2.24) is 0 Å². The van der Waals surface area contributed by atoms with Crippen molar-refractivity contribution in [3.63, 3.8) is 0 Å². The van der Waals surface area contributed by atoms with Crippen LogP contribution in [0, 0.1) is 0 Å². The van der Waals surface area contributed by atoms with E-state index in [0.29, 0.717) is 0 Å². The molecule has 3 aromatic rings. The third-order valence-electron chi connectivity index (χ3n) is 5.63. The molecule has 2 heteroatoms. The van der Waals surface area contributed by atoms with Gasteiger partial charge in [-0.15, -0.1) is 11.3 Å². The summed E-state index contributed by atoms with van der Waals surface area (Å²) in [5.41, 5.74) is 4.11. The van der Waals surface area contributed by atoms with Crippen LogP contribution in [0.4, 0.5) is 0 Å². The molecule has 0 atom stereocenters. The van der Waals surface area contributed by atoms with E-state index in [2.05, 4.69) is 70.7 Å². The Labute approximate surface area is 183 Å². The lowest BCUT2D eigenvalue weighted by Crippen LogP contribution is -1.87. The molecule has 0 aliphatic rings. The lowest BCUT2D eigenvalue weighted by molar-refractivity contribution is 0.556. The summed E-state index contributed by atoms with van der Waals surface area (Å²) in [4.78, 5) is 0. The molecular weight excluding hydrogens is 424 g/mol. The molecule has 150 valence electrons. The first kappa shape index (κ1) is 21.6. The maximum absolute atomic E-state index is 3.62. The number of benzene rings is 2. The SMILES string of the molecule is CCCCCCCCCCCCc1ccc(-c2ccc3c(Br)csc3c2)cc1. The summed E-state index contributed by atoms with van der Waals surface area (Å²) < 4.78 is 2.55. The van der Waals surface area contributed by atoms with Crippen molar-refractivity contribution in [2.24, 2.45) is 0 Å². The number of fused-ring (bicyclic) bond motifs is 1. The van der Waals surface area contributed by atoms with E-state index in [9.17, 15) is 0 Å². The van der Waals surface area contributed by atoms with Crippen LogP contribution >= 0.6 is 27.3 Å². The number of unbranched alkanes of at least 4 members (excludes halogenated alkanes) is 9. The van der Waals surface area contributed by atoms with Crippen LogP contribution in [0.25, 0.3) is 21.2 Å². The Hall–Kier alpha value is -1.12. The molecule has 0 aliphatic heterocycles. The maximum atomic E-state index is 3.62. The fourth-order valence-corrected chi connectivity index (χ4v) is 5.47. The highest BCUT2D eigenvalue weighted by molar-refractivity contribution is 9.10. The van der Waals surface area contributed by atoms with Gasteiger partial charge in [0.25, 0.3) is 0 Å². The van der Waals surface area contributed by atoms with Gasteiger partial charge in [-0.3, -0.25) is 0 Å². The van der Waals surface area contributed by atoms with E-state index in [0.717, 1.165) is 0 Å². The number of thiophene rings is 1. The Morgan fingerprint density at radius 3 is 2.00 bits per heavy atom. The standard InChI is InChI=1S/C26H33BrS/c1-2-3-4-5-6-7-8-9-10-11-12-21-13-15-22(16-14-21)23-17-18-24-25(27)20-28-26(24)19-23/h13-20H,2-12H2,1H3. The zero-order valence-electron chi connectivity index (χ0n) is 17.2. The van der Waals surface area contributed by atoms with Crippen LogP contribution < -0.4 is 0 Å². The van der Waals surface area contributed by atoms with E-state index in [1.165, 1.54) is 102 Å². The third kappa shape index (κ3) is 6.46. The van der Waals surface area contributed by atoms with Gasteiger partial charge in [0.15, 0.2) is 0 Å². The fourth-order valence-electron chi connectivity index (χ4n) is 3.86. The monoisotopic (exact) mass is 456 g/mol. The minimum absolute atomic E-state index is 1.20. The van der Waals surface area contributed by atoms with Gasteiger partial charge in [-0.1, -0.05) is 101 Å². The molecular formula is C26H33BrS. The van der Waals surface area contributed by atoms with E-state index in [-0.39, 0.29) is 0 Å². The quantitative estimate of drug-likeness (QED) is 0.237. The molecule has 1 heterocycles. The van der Waals surface area contributed by atoms with Gasteiger partial charge in [-0.05, 0) is 51.5 Å². The maximum Gasteiger partial charge on any atom is 0.0361 e. The van der Waals surface area contributed by atoms with Crippen LogP contribution in [0.15, 0.2) is 52.3 Å². The van der Waals surface area contributed by atoms with Crippen molar-refractivity contribution in [3.05, 3.63) is 57.9 Å². The minimum Gasteiger partial charge on any atom is -0.143 e. The summed E-state index contributed by atoms with van der Waals surface area (Å²) >= 11 is 5.43. The Kier molecular flexibility index (Phi) is 9.08. The van der Waals surface area contributed by atoms with Crippen LogP contribution in [0.2, 0.25) is 0 Å².